The highest BCUT2D eigenvalue weighted by Crippen LogP contribution is 2.42. The normalized spacial score (nSPS) is 14.3. The number of hydrogen-bond acceptors (Lipinski definition) is 3. The van der Waals surface area contributed by atoms with Crippen molar-refractivity contribution in [2.45, 2.75) is 44.8 Å². The number of halogens is 9. The SMILES string of the molecule is Cc1nn(CC(=O)Nc2c(F)c(F)c(C(F)(F)F)c(F)c2F)c2nc(C3CC3)cc(C(F)F)c12. The first-order chi connectivity index (χ1) is 15.8. The minimum Gasteiger partial charge on any atom is -0.319 e. The van der Waals surface area contributed by atoms with Gasteiger partial charge in [-0.25, -0.2) is 36.0 Å². The van der Waals surface area contributed by atoms with Gasteiger partial charge in [0, 0.05) is 17.2 Å². The topological polar surface area (TPSA) is 59.8 Å². The van der Waals surface area contributed by atoms with E-state index in [0.29, 0.717) is 5.69 Å². The number of fused-ring (bicyclic) bond motifs is 1. The number of carbonyl (C=O) groups excluding carboxylic acids is 1. The monoisotopic (exact) mass is 496 g/mol. The van der Waals surface area contributed by atoms with Crippen molar-refractivity contribution in [1.82, 2.24) is 14.8 Å². The van der Waals surface area contributed by atoms with Gasteiger partial charge in [-0.15, -0.1) is 0 Å². The van der Waals surface area contributed by atoms with Crippen molar-refractivity contribution in [2.24, 2.45) is 0 Å². The fourth-order valence-electron chi connectivity index (χ4n) is 3.58. The van der Waals surface area contributed by atoms with Crippen LogP contribution >= 0.6 is 0 Å². The number of aryl methyl sites for hydroxylation is 1. The van der Waals surface area contributed by atoms with E-state index in [0.717, 1.165) is 17.5 Å². The molecule has 4 rings (SSSR count). The van der Waals surface area contributed by atoms with Crippen LogP contribution in [0.2, 0.25) is 0 Å². The Morgan fingerprint density at radius 2 is 1.71 bits per heavy atom. The second-order valence-electron chi connectivity index (χ2n) is 7.70. The summed E-state index contributed by atoms with van der Waals surface area (Å²) in [4.78, 5) is 16.6. The molecule has 1 saturated carbocycles. The molecule has 3 aromatic rings. The second kappa shape index (κ2) is 8.17. The van der Waals surface area contributed by atoms with Crippen molar-refractivity contribution in [1.29, 1.82) is 0 Å². The summed E-state index contributed by atoms with van der Waals surface area (Å²) in [5.74, 6) is -11.8. The molecule has 2 heterocycles. The van der Waals surface area contributed by atoms with Crippen LogP contribution in [-0.4, -0.2) is 20.7 Å². The van der Waals surface area contributed by atoms with Gasteiger partial charge < -0.3 is 5.32 Å². The molecule has 14 heteroatoms. The van der Waals surface area contributed by atoms with E-state index in [9.17, 15) is 44.3 Å². The van der Waals surface area contributed by atoms with Crippen LogP contribution in [0.15, 0.2) is 6.07 Å². The number of alkyl halides is 5. The zero-order chi connectivity index (χ0) is 25.1. The van der Waals surface area contributed by atoms with Gasteiger partial charge in [0.05, 0.1) is 11.1 Å². The Kier molecular flexibility index (Phi) is 5.72. The van der Waals surface area contributed by atoms with Gasteiger partial charge in [0.1, 0.15) is 17.8 Å². The molecule has 1 aromatic carbocycles. The summed E-state index contributed by atoms with van der Waals surface area (Å²) in [5, 5.41) is 5.37. The molecule has 0 aliphatic heterocycles. The molecule has 182 valence electrons. The molecule has 0 radical (unpaired) electrons. The summed E-state index contributed by atoms with van der Waals surface area (Å²) in [7, 11) is 0. The molecular weight excluding hydrogens is 483 g/mol. The van der Waals surface area contributed by atoms with E-state index in [2.05, 4.69) is 10.1 Å². The van der Waals surface area contributed by atoms with Crippen LogP contribution in [0.3, 0.4) is 0 Å². The second-order valence-corrected chi connectivity index (χ2v) is 7.70. The van der Waals surface area contributed by atoms with Crippen LogP contribution in [0.5, 0.6) is 0 Å². The van der Waals surface area contributed by atoms with Gasteiger partial charge in [0.25, 0.3) is 6.43 Å². The highest BCUT2D eigenvalue weighted by Gasteiger charge is 2.42. The lowest BCUT2D eigenvalue weighted by Gasteiger charge is -2.14. The lowest BCUT2D eigenvalue weighted by molar-refractivity contribution is -0.143. The fourth-order valence-corrected chi connectivity index (χ4v) is 3.58. The Morgan fingerprint density at radius 3 is 2.21 bits per heavy atom. The number of hydrogen-bond donors (Lipinski definition) is 1. The zero-order valence-electron chi connectivity index (χ0n) is 17.0. The zero-order valence-corrected chi connectivity index (χ0v) is 17.0. The standard InChI is InChI=1S/C20H13F9N4O/c1-6-11-8(18(25)26)4-9(7-2-3-7)30-19(11)33(32-6)5-10(34)31-17-15(23)13(21)12(20(27,28)29)14(22)16(17)24/h4,7,18H,2-3,5H2,1H3,(H,31,34). The number of carbonyl (C=O) groups is 1. The van der Waals surface area contributed by atoms with Crippen LogP contribution in [0.25, 0.3) is 11.0 Å². The number of nitrogens with one attached hydrogen (secondary N) is 1. The highest BCUT2D eigenvalue weighted by atomic mass is 19.4. The first-order valence-electron chi connectivity index (χ1n) is 9.70. The Morgan fingerprint density at radius 1 is 1.12 bits per heavy atom. The van der Waals surface area contributed by atoms with Crippen LogP contribution in [0, 0.1) is 30.2 Å². The molecule has 0 spiro atoms. The molecule has 0 saturated heterocycles. The van der Waals surface area contributed by atoms with Crippen LogP contribution in [-0.2, 0) is 17.5 Å². The Balaban J connectivity index is 1.70. The van der Waals surface area contributed by atoms with Crippen molar-refractivity contribution in [3.63, 3.8) is 0 Å². The van der Waals surface area contributed by atoms with E-state index in [1.165, 1.54) is 18.3 Å². The maximum Gasteiger partial charge on any atom is 0.422 e. The average molecular weight is 496 g/mol. The summed E-state index contributed by atoms with van der Waals surface area (Å²) in [6.07, 6.45) is -7.19. The summed E-state index contributed by atoms with van der Waals surface area (Å²) in [5.41, 5.74) is -4.66. The molecule has 1 amide bonds. The van der Waals surface area contributed by atoms with E-state index < -0.39 is 59.6 Å². The summed E-state index contributed by atoms with van der Waals surface area (Å²) in [6, 6.07) is 1.24. The molecule has 0 bridgehead atoms. The number of nitrogens with zero attached hydrogens (tertiary/aromatic N) is 3. The van der Waals surface area contributed by atoms with Crippen molar-refractivity contribution in [3.8, 4) is 0 Å². The third-order valence-electron chi connectivity index (χ3n) is 5.26. The number of amides is 1. The molecule has 1 fully saturated rings. The Bertz CT molecular complexity index is 1280. The van der Waals surface area contributed by atoms with E-state index in [1.807, 2.05) is 0 Å². The van der Waals surface area contributed by atoms with Crippen LogP contribution < -0.4 is 5.32 Å². The van der Waals surface area contributed by atoms with Gasteiger partial charge in [-0.3, -0.25) is 4.79 Å². The first kappa shape index (κ1) is 23.8. The van der Waals surface area contributed by atoms with Crippen molar-refractivity contribution < 1.29 is 44.3 Å². The van der Waals surface area contributed by atoms with E-state index in [1.54, 1.807) is 0 Å². The summed E-state index contributed by atoms with van der Waals surface area (Å²) in [6.45, 7) is 0.471. The molecular formula is C20H13F9N4O. The largest absolute Gasteiger partial charge is 0.422 e. The maximum atomic E-state index is 14.1. The van der Waals surface area contributed by atoms with Gasteiger partial charge >= 0.3 is 6.18 Å². The predicted molar refractivity (Wildman–Crippen MR) is 99.1 cm³/mol. The molecule has 1 N–H and O–H groups in total. The highest BCUT2D eigenvalue weighted by molar-refractivity contribution is 5.92. The first-order valence-corrected chi connectivity index (χ1v) is 9.70. The number of rotatable bonds is 5. The van der Waals surface area contributed by atoms with Gasteiger partial charge in [0.15, 0.2) is 28.9 Å². The molecule has 2 aromatic heterocycles. The predicted octanol–water partition coefficient (Wildman–Crippen LogP) is 5.77. The lowest BCUT2D eigenvalue weighted by Crippen LogP contribution is -2.23. The molecule has 1 aliphatic carbocycles. The molecule has 1 aliphatic rings. The lowest BCUT2D eigenvalue weighted by atomic mass is 10.1. The minimum atomic E-state index is -5.74. The third-order valence-corrected chi connectivity index (χ3v) is 5.26. The van der Waals surface area contributed by atoms with E-state index in [4.69, 9.17) is 0 Å². The Hall–Kier alpha value is -3.32. The van der Waals surface area contributed by atoms with Crippen molar-refractivity contribution >= 4 is 22.6 Å². The third kappa shape index (κ3) is 4.05. The number of aromatic nitrogens is 3. The number of benzene rings is 1. The average Bonchev–Trinajstić information content (AvgIpc) is 3.54. The van der Waals surface area contributed by atoms with E-state index >= 15 is 0 Å². The van der Waals surface area contributed by atoms with Gasteiger partial charge in [-0.1, -0.05) is 0 Å². The van der Waals surface area contributed by atoms with Gasteiger partial charge in [-0.2, -0.15) is 18.3 Å². The fraction of sp³-hybridized carbons (Fsp3) is 0.350. The summed E-state index contributed by atoms with van der Waals surface area (Å²) < 4.78 is 122. The minimum absolute atomic E-state index is 0.0452. The van der Waals surface area contributed by atoms with Gasteiger partial charge in [-0.05, 0) is 25.8 Å². The molecule has 5 nitrogen and oxygen atoms in total. The van der Waals surface area contributed by atoms with Gasteiger partial charge in [0.2, 0.25) is 5.91 Å². The van der Waals surface area contributed by atoms with Crippen molar-refractivity contribution in [2.75, 3.05) is 5.32 Å². The number of anilines is 1. The smallest absolute Gasteiger partial charge is 0.319 e. The maximum absolute atomic E-state index is 14.1. The quantitative estimate of drug-likeness (QED) is 0.361. The molecule has 0 atom stereocenters. The van der Waals surface area contributed by atoms with Crippen LogP contribution in [0.4, 0.5) is 45.2 Å². The van der Waals surface area contributed by atoms with Crippen LogP contribution in [0.1, 0.15) is 47.7 Å². The molecule has 0 unspecified atom stereocenters. The molecule has 34 heavy (non-hydrogen) atoms. The Labute approximate surface area is 184 Å². The summed E-state index contributed by atoms with van der Waals surface area (Å²) >= 11 is 0. The van der Waals surface area contributed by atoms with Crippen molar-refractivity contribution in [3.05, 3.63) is 51.9 Å². The number of pyridine rings is 1. The van der Waals surface area contributed by atoms with E-state index in [-0.39, 0.29) is 28.2 Å².